The average Bonchev–Trinajstić information content (AvgIpc) is 3.01. The van der Waals surface area contributed by atoms with Crippen LogP contribution in [-0.2, 0) is 32.1 Å². The maximum absolute atomic E-state index is 11.7. The number of carboxylic acids is 4. The molecule has 2 aromatic rings. The van der Waals surface area contributed by atoms with Gasteiger partial charge in [0.2, 0.25) is 0 Å². The molecule has 5 N–H and O–H groups in total. The van der Waals surface area contributed by atoms with E-state index < -0.39 is 23.9 Å². The smallest absolute Gasteiger partial charge is 0.328 e. The number of benzene rings is 2. The Morgan fingerprint density at radius 3 is 1.72 bits per heavy atom. The number of ketones is 1. The fraction of sp³-hybridized carbons (Fsp3) is 0.364. The van der Waals surface area contributed by atoms with Crippen molar-refractivity contribution >= 4 is 41.3 Å². The van der Waals surface area contributed by atoms with Crippen molar-refractivity contribution in [3.05, 3.63) is 82.4 Å². The third-order valence-electron chi connectivity index (χ3n) is 6.52. The normalized spacial score (nSPS) is 13.3. The summed E-state index contributed by atoms with van der Waals surface area (Å²) in [5.74, 6) is -4.39. The lowest BCUT2D eigenvalue weighted by Crippen LogP contribution is -2.46. The zero-order valence-corrected chi connectivity index (χ0v) is 27.1. The van der Waals surface area contributed by atoms with Gasteiger partial charge in [-0.15, -0.1) is 0 Å². The average molecular weight is 677 g/mol. The minimum absolute atomic E-state index is 0.0728. The van der Waals surface area contributed by atoms with Gasteiger partial charge in [-0.25, -0.2) is 19.2 Å². The first kappa shape index (κ1) is 40.3. The van der Waals surface area contributed by atoms with Crippen molar-refractivity contribution in [2.24, 2.45) is 0 Å². The molecule has 1 aliphatic rings. The Balaban J connectivity index is 0.000000569. The van der Waals surface area contributed by atoms with Gasteiger partial charge in [-0.05, 0) is 49.6 Å². The molecule has 0 aromatic heterocycles. The van der Waals surface area contributed by atoms with E-state index in [-0.39, 0.29) is 11.5 Å². The number of carboxylic acid groups (broad SMARTS) is 4. The summed E-state index contributed by atoms with van der Waals surface area (Å²) in [5, 5.41) is 42.5. The van der Waals surface area contributed by atoms with E-state index in [1.54, 1.807) is 6.07 Å². The number of phenols is 1. The van der Waals surface area contributed by atoms with Crippen LogP contribution in [0.5, 0.6) is 11.5 Å². The summed E-state index contributed by atoms with van der Waals surface area (Å²) >= 11 is 5.97. The second kappa shape index (κ2) is 21.9. The molecule has 0 unspecified atom stereocenters. The first-order chi connectivity index (χ1) is 22.2. The molecule has 1 fully saturated rings. The summed E-state index contributed by atoms with van der Waals surface area (Å²) in [6.07, 6.45) is 4.73. The molecule has 14 heteroatoms. The van der Waals surface area contributed by atoms with Gasteiger partial charge in [-0.1, -0.05) is 37.1 Å². The Hall–Kier alpha value is -4.72. The Morgan fingerprint density at radius 2 is 1.28 bits per heavy atom. The molecule has 0 aliphatic carbocycles. The van der Waals surface area contributed by atoms with Crippen molar-refractivity contribution in [3.8, 4) is 11.5 Å². The van der Waals surface area contributed by atoms with E-state index in [2.05, 4.69) is 28.9 Å². The van der Waals surface area contributed by atoms with Crippen LogP contribution in [-0.4, -0.2) is 104 Å². The predicted octanol–water partition coefficient (Wildman–Crippen LogP) is 4.21. The lowest BCUT2D eigenvalue weighted by Gasteiger charge is -2.34. The zero-order valence-electron chi connectivity index (χ0n) is 26.3. The number of hydrogen-bond acceptors (Lipinski definition) is 9. The van der Waals surface area contributed by atoms with Crippen LogP contribution in [0.3, 0.4) is 0 Å². The first-order valence-electron chi connectivity index (χ1n) is 14.7. The van der Waals surface area contributed by atoms with E-state index >= 15 is 0 Å². The molecule has 1 heterocycles. The molecule has 256 valence electrons. The van der Waals surface area contributed by atoms with Crippen LogP contribution in [0.2, 0.25) is 5.02 Å². The van der Waals surface area contributed by atoms with E-state index in [9.17, 15) is 29.1 Å². The maximum Gasteiger partial charge on any atom is 0.328 e. The molecule has 0 bridgehead atoms. The third-order valence-corrected chi connectivity index (χ3v) is 6.77. The summed E-state index contributed by atoms with van der Waals surface area (Å²) < 4.78 is 5.99. The van der Waals surface area contributed by atoms with E-state index in [1.165, 1.54) is 12.5 Å². The Kier molecular flexibility index (Phi) is 18.8. The van der Waals surface area contributed by atoms with Crippen LogP contribution in [0.25, 0.3) is 0 Å². The predicted molar refractivity (Wildman–Crippen MR) is 174 cm³/mol. The Labute approximate surface area is 277 Å². The van der Waals surface area contributed by atoms with Gasteiger partial charge in [0.25, 0.3) is 0 Å². The van der Waals surface area contributed by atoms with Crippen LogP contribution < -0.4 is 4.74 Å². The highest BCUT2D eigenvalue weighted by Gasteiger charge is 2.18. The topological polar surface area (TPSA) is 202 Å². The molecule has 0 atom stereocenters. The standard InChI is InChI=1S/C25H33ClN2O3.2C4H4O4/c1-3-5-23-24(11-10-22(19(2)29)25(23)30)31-17-4-12-27-13-15-28(16-14-27)18-20-6-8-21(26)9-7-20;2*5-3(6)1-2-4(7)8/h6-11,30H,3-5,12-18H2,1-2H3;2*1-2H,(H,5,6)(H,7,8)/b;2*2-1-. The van der Waals surface area contributed by atoms with Crippen molar-refractivity contribution in [2.75, 3.05) is 39.3 Å². The number of rotatable bonds is 14. The van der Waals surface area contributed by atoms with Crippen LogP contribution in [0.15, 0.2) is 60.7 Å². The maximum atomic E-state index is 11.7. The van der Waals surface area contributed by atoms with Gasteiger partial charge >= 0.3 is 23.9 Å². The summed E-state index contributed by atoms with van der Waals surface area (Å²) in [6.45, 7) is 10.3. The second-order valence-corrected chi connectivity index (χ2v) is 10.6. The summed E-state index contributed by atoms with van der Waals surface area (Å²) in [4.78, 5) is 54.9. The molecule has 2 aromatic carbocycles. The van der Waals surface area contributed by atoms with Crippen molar-refractivity contribution in [2.45, 2.75) is 39.7 Å². The quantitative estimate of drug-likeness (QED) is 0.108. The lowest BCUT2D eigenvalue weighted by atomic mass is 10.0. The highest BCUT2D eigenvalue weighted by Crippen LogP contribution is 2.33. The lowest BCUT2D eigenvalue weighted by molar-refractivity contribution is -0.134. The third kappa shape index (κ3) is 17.5. The number of ether oxygens (including phenoxy) is 1. The molecular formula is C33H41ClN2O11. The molecule has 0 radical (unpaired) electrons. The van der Waals surface area contributed by atoms with Gasteiger partial charge in [0.1, 0.15) is 11.5 Å². The monoisotopic (exact) mass is 676 g/mol. The minimum atomic E-state index is -1.26. The van der Waals surface area contributed by atoms with E-state index in [4.69, 9.17) is 36.8 Å². The molecule has 3 rings (SSSR count). The fourth-order valence-electron chi connectivity index (χ4n) is 4.30. The number of hydrogen-bond donors (Lipinski definition) is 5. The number of aromatic hydroxyl groups is 1. The molecule has 47 heavy (non-hydrogen) atoms. The number of carbonyl (C=O) groups is 5. The number of carbonyl (C=O) groups excluding carboxylic acids is 1. The van der Waals surface area contributed by atoms with Crippen LogP contribution >= 0.6 is 11.6 Å². The van der Waals surface area contributed by atoms with E-state index in [0.717, 1.165) is 62.7 Å². The van der Waals surface area contributed by atoms with Gasteiger partial charge in [0.15, 0.2) is 5.78 Å². The van der Waals surface area contributed by atoms with E-state index in [1.807, 2.05) is 18.2 Å². The Bertz CT molecular complexity index is 1330. The number of halogens is 1. The molecule has 0 spiro atoms. The van der Waals surface area contributed by atoms with Crippen LogP contribution in [0.1, 0.15) is 48.2 Å². The zero-order chi connectivity index (χ0) is 35.4. The highest BCUT2D eigenvalue weighted by atomic mass is 35.5. The molecule has 1 saturated heterocycles. The highest BCUT2D eigenvalue weighted by molar-refractivity contribution is 6.30. The first-order valence-corrected chi connectivity index (χ1v) is 15.1. The van der Waals surface area contributed by atoms with Crippen molar-refractivity contribution in [1.29, 1.82) is 0 Å². The Morgan fingerprint density at radius 1 is 0.787 bits per heavy atom. The summed E-state index contributed by atoms with van der Waals surface area (Å²) in [5.41, 5.74) is 2.41. The minimum Gasteiger partial charge on any atom is -0.507 e. The van der Waals surface area contributed by atoms with Crippen LogP contribution in [0, 0.1) is 0 Å². The van der Waals surface area contributed by atoms with Gasteiger partial charge in [-0.3, -0.25) is 9.69 Å². The number of piperazine rings is 1. The number of Topliss-reactive ketones (excluding diaryl/α,β-unsaturated/α-hetero) is 1. The van der Waals surface area contributed by atoms with Gasteiger partial charge in [0.05, 0.1) is 12.2 Å². The summed E-state index contributed by atoms with van der Waals surface area (Å²) in [7, 11) is 0. The van der Waals surface area contributed by atoms with Crippen molar-refractivity contribution < 1.29 is 54.2 Å². The number of aliphatic carboxylic acids is 4. The molecule has 0 amide bonds. The van der Waals surface area contributed by atoms with Gasteiger partial charge in [-0.2, -0.15) is 0 Å². The van der Waals surface area contributed by atoms with Gasteiger partial charge in [0, 0.05) is 74.2 Å². The summed E-state index contributed by atoms with van der Waals surface area (Å²) in [6, 6.07) is 11.6. The second-order valence-electron chi connectivity index (χ2n) is 10.2. The fourth-order valence-corrected chi connectivity index (χ4v) is 4.43. The SMILES string of the molecule is CCCc1c(OCCCN2CCN(Cc3ccc(Cl)cc3)CC2)ccc(C(C)=O)c1O.O=C(O)/C=C\C(=O)O.O=C(O)/C=C\C(=O)O. The molecular weight excluding hydrogens is 636 g/mol. The van der Waals surface area contributed by atoms with Gasteiger partial charge < -0.3 is 35.2 Å². The van der Waals surface area contributed by atoms with E-state index in [0.29, 0.717) is 48.6 Å². The largest absolute Gasteiger partial charge is 0.507 e. The molecule has 0 saturated carbocycles. The van der Waals surface area contributed by atoms with Crippen molar-refractivity contribution in [1.82, 2.24) is 9.80 Å². The molecule has 13 nitrogen and oxygen atoms in total. The molecule has 1 aliphatic heterocycles. The van der Waals surface area contributed by atoms with Crippen LogP contribution in [0.4, 0.5) is 0 Å². The number of phenolic OH excluding ortho intramolecular Hbond substituents is 1. The number of nitrogens with zero attached hydrogens (tertiary/aromatic N) is 2. The van der Waals surface area contributed by atoms with Crippen molar-refractivity contribution in [3.63, 3.8) is 0 Å².